The van der Waals surface area contributed by atoms with E-state index in [9.17, 15) is 13.2 Å². The second kappa shape index (κ2) is 4.21. The molecule has 78 valence electrons. The summed E-state index contributed by atoms with van der Waals surface area (Å²) in [6.45, 7) is 2.55. The largest absolute Gasteiger partial charge is 0.416 e. The van der Waals surface area contributed by atoms with Crippen LogP contribution in [0.2, 0.25) is 0 Å². The van der Waals surface area contributed by atoms with Crippen molar-refractivity contribution in [2.24, 2.45) is 0 Å². The molecule has 1 nitrogen and oxygen atoms in total. The minimum absolute atomic E-state index is 0.425. The van der Waals surface area contributed by atoms with Gasteiger partial charge in [-0.25, -0.2) is 0 Å². The van der Waals surface area contributed by atoms with E-state index in [-0.39, 0.29) is 0 Å². The fourth-order valence-electron chi connectivity index (χ4n) is 1.03. The lowest BCUT2D eigenvalue weighted by Crippen LogP contribution is -2.05. The van der Waals surface area contributed by atoms with Crippen molar-refractivity contribution in [3.8, 4) is 0 Å². The molecule has 0 bridgehead atoms. The molecule has 0 aromatic heterocycles. The van der Waals surface area contributed by atoms with E-state index in [2.05, 4.69) is 21.2 Å². The van der Waals surface area contributed by atoms with Gasteiger partial charge in [-0.1, -0.05) is 0 Å². The van der Waals surface area contributed by atoms with E-state index >= 15 is 0 Å². The van der Waals surface area contributed by atoms with E-state index in [4.69, 9.17) is 0 Å². The summed E-state index contributed by atoms with van der Waals surface area (Å²) in [6, 6.07) is 3.54. The van der Waals surface area contributed by atoms with Gasteiger partial charge in [0.1, 0.15) is 0 Å². The average molecular weight is 268 g/mol. The highest BCUT2D eigenvalue weighted by Gasteiger charge is 2.30. The van der Waals surface area contributed by atoms with Gasteiger partial charge in [0.15, 0.2) is 0 Å². The molecule has 0 fully saturated rings. The topological polar surface area (TPSA) is 12.0 Å². The number of hydrogen-bond donors (Lipinski definition) is 1. The summed E-state index contributed by atoms with van der Waals surface area (Å²) in [4.78, 5) is 0. The monoisotopic (exact) mass is 267 g/mol. The summed E-state index contributed by atoms with van der Waals surface area (Å²) in [5.74, 6) is 0. The molecular formula is C9H9BrF3N. The smallest absolute Gasteiger partial charge is 0.384 e. The highest BCUT2D eigenvalue weighted by Crippen LogP contribution is 2.33. The van der Waals surface area contributed by atoms with E-state index < -0.39 is 11.7 Å². The molecule has 5 heteroatoms. The zero-order chi connectivity index (χ0) is 10.8. The normalized spacial score (nSPS) is 11.5. The van der Waals surface area contributed by atoms with Gasteiger partial charge in [0.2, 0.25) is 0 Å². The van der Waals surface area contributed by atoms with Crippen LogP contribution < -0.4 is 5.32 Å². The van der Waals surface area contributed by atoms with Gasteiger partial charge in [0, 0.05) is 16.7 Å². The van der Waals surface area contributed by atoms with Crippen LogP contribution >= 0.6 is 15.9 Å². The molecule has 0 amide bonds. The first-order valence-electron chi connectivity index (χ1n) is 4.05. The van der Waals surface area contributed by atoms with Crippen molar-refractivity contribution >= 4 is 21.6 Å². The number of alkyl halides is 3. The van der Waals surface area contributed by atoms with Crippen molar-refractivity contribution in [1.29, 1.82) is 0 Å². The molecule has 0 atom stereocenters. The van der Waals surface area contributed by atoms with Crippen molar-refractivity contribution < 1.29 is 13.2 Å². The Morgan fingerprint density at radius 3 is 2.43 bits per heavy atom. The highest BCUT2D eigenvalue weighted by atomic mass is 79.9. The molecule has 0 heterocycles. The molecule has 1 rings (SSSR count). The van der Waals surface area contributed by atoms with Gasteiger partial charge in [-0.05, 0) is 41.1 Å². The maximum atomic E-state index is 12.2. The Labute approximate surface area is 88.4 Å². The van der Waals surface area contributed by atoms with Gasteiger partial charge < -0.3 is 5.32 Å². The second-order valence-electron chi connectivity index (χ2n) is 2.72. The lowest BCUT2D eigenvalue weighted by Gasteiger charge is -2.10. The molecule has 0 aliphatic rings. The second-order valence-corrected chi connectivity index (χ2v) is 3.58. The molecule has 0 aliphatic carbocycles. The zero-order valence-electron chi connectivity index (χ0n) is 7.45. The molecule has 1 N–H and O–H groups in total. The zero-order valence-corrected chi connectivity index (χ0v) is 9.04. The molecule has 0 spiro atoms. The Morgan fingerprint density at radius 2 is 2.00 bits per heavy atom. The summed E-state index contributed by atoms with van der Waals surface area (Å²) in [5, 5.41) is 2.94. The minimum Gasteiger partial charge on any atom is -0.384 e. The standard InChI is InChI=1S/C9H9BrF3N/c1-2-14-8-4-3-6(5-7(8)10)9(11,12)13/h3-5,14H,2H2,1H3. The van der Waals surface area contributed by atoms with E-state index in [1.807, 2.05) is 6.92 Å². The summed E-state index contributed by atoms with van der Waals surface area (Å²) in [7, 11) is 0. The Balaban J connectivity index is 3.01. The average Bonchev–Trinajstić information content (AvgIpc) is 2.07. The van der Waals surface area contributed by atoms with Crippen LogP contribution in [0, 0.1) is 0 Å². The SMILES string of the molecule is CCNc1ccc(C(F)(F)F)cc1Br. The molecule has 0 radical (unpaired) electrons. The Hall–Kier alpha value is -0.710. The van der Waals surface area contributed by atoms with Crippen LogP contribution in [0.1, 0.15) is 12.5 Å². The fraction of sp³-hybridized carbons (Fsp3) is 0.333. The molecule has 0 aliphatic heterocycles. The summed E-state index contributed by atoms with van der Waals surface area (Å²) >= 11 is 3.08. The van der Waals surface area contributed by atoms with E-state index in [1.54, 1.807) is 0 Å². The predicted molar refractivity (Wildman–Crippen MR) is 53.3 cm³/mol. The maximum Gasteiger partial charge on any atom is 0.416 e. The van der Waals surface area contributed by atoms with Gasteiger partial charge in [0.25, 0.3) is 0 Å². The van der Waals surface area contributed by atoms with Gasteiger partial charge in [-0.3, -0.25) is 0 Å². The van der Waals surface area contributed by atoms with Crippen LogP contribution in [0.5, 0.6) is 0 Å². The molecule has 1 aromatic carbocycles. The van der Waals surface area contributed by atoms with Gasteiger partial charge in [-0.2, -0.15) is 13.2 Å². The van der Waals surface area contributed by atoms with Crippen molar-refractivity contribution in [3.05, 3.63) is 28.2 Å². The summed E-state index contributed by atoms with van der Waals surface area (Å²) < 4.78 is 37.2. The molecule has 1 aromatic rings. The van der Waals surface area contributed by atoms with Crippen molar-refractivity contribution in [3.63, 3.8) is 0 Å². The van der Waals surface area contributed by atoms with Gasteiger partial charge >= 0.3 is 6.18 Å². The maximum absolute atomic E-state index is 12.2. The molecule has 14 heavy (non-hydrogen) atoms. The van der Waals surface area contributed by atoms with Crippen LogP contribution in [0.15, 0.2) is 22.7 Å². The third-order valence-corrected chi connectivity index (χ3v) is 2.32. The minimum atomic E-state index is -4.28. The first-order chi connectivity index (χ1) is 6.45. The quantitative estimate of drug-likeness (QED) is 0.857. The highest BCUT2D eigenvalue weighted by molar-refractivity contribution is 9.10. The number of rotatable bonds is 2. The Bertz CT molecular complexity index is 322. The Morgan fingerprint density at radius 1 is 1.36 bits per heavy atom. The summed E-state index contributed by atoms with van der Waals surface area (Å²) in [6.07, 6.45) is -4.28. The van der Waals surface area contributed by atoms with Crippen LogP contribution in [-0.2, 0) is 6.18 Å². The predicted octanol–water partition coefficient (Wildman–Crippen LogP) is 3.90. The molecule has 0 unspecified atom stereocenters. The van der Waals surface area contributed by atoms with Crippen molar-refractivity contribution in [1.82, 2.24) is 0 Å². The molecule has 0 saturated carbocycles. The number of hydrogen-bond acceptors (Lipinski definition) is 1. The summed E-state index contributed by atoms with van der Waals surface area (Å²) in [5.41, 5.74) is 0.0199. The van der Waals surface area contributed by atoms with E-state index in [1.165, 1.54) is 6.07 Å². The van der Waals surface area contributed by atoms with Crippen LogP contribution in [0.25, 0.3) is 0 Å². The lowest BCUT2D eigenvalue weighted by molar-refractivity contribution is -0.137. The fourth-order valence-corrected chi connectivity index (χ4v) is 1.54. The van der Waals surface area contributed by atoms with E-state index in [0.29, 0.717) is 16.7 Å². The first kappa shape index (κ1) is 11.4. The van der Waals surface area contributed by atoms with Gasteiger partial charge in [-0.15, -0.1) is 0 Å². The number of benzene rings is 1. The van der Waals surface area contributed by atoms with Crippen LogP contribution in [-0.4, -0.2) is 6.54 Å². The number of nitrogens with one attached hydrogen (secondary N) is 1. The lowest BCUT2D eigenvalue weighted by atomic mass is 10.2. The Kier molecular flexibility index (Phi) is 3.42. The number of halogens is 4. The van der Waals surface area contributed by atoms with Crippen LogP contribution in [0.4, 0.5) is 18.9 Å². The number of anilines is 1. The van der Waals surface area contributed by atoms with Gasteiger partial charge in [0.05, 0.1) is 5.56 Å². The molecule has 0 saturated heterocycles. The van der Waals surface area contributed by atoms with Crippen LogP contribution in [0.3, 0.4) is 0 Å². The first-order valence-corrected chi connectivity index (χ1v) is 4.85. The third kappa shape index (κ3) is 2.64. The van der Waals surface area contributed by atoms with E-state index in [0.717, 1.165) is 12.1 Å². The molecular weight excluding hydrogens is 259 g/mol. The van der Waals surface area contributed by atoms with Crippen molar-refractivity contribution in [2.75, 3.05) is 11.9 Å². The van der Waals surface area contributed by atoms with Crippen molar-refractivity contribution in [2.45, 2.75) is 13.1 Å². The third-order valence-electron chi connectivity index (χ3n) is 1.66.